The number of carbonyl (C=O) groups excluding carboxylic acids is 3. The van der Waals surface area contributed by atoms with E-state index >= 15 is 0 Å². The first kappa shape index (κ1) is 36.0. The molecule has 3 atom stereocenters. The van der Waals surface area contributed by atoms with Gasteiger partial charge in [-0.1, -0.05) is 81.4 Å². The zero-order valence-electron chi connectivity index (χ0n) is 27.7. The van der Waals surface area contributed by atoms with E-state index in [4.69, 9.17) is 9.47 Å². The normalized spacial score (nSPS) is 14.3. The van der Waals surface area contributed by atoms with Crippen molar-refractivity contribution in [3.8, 4) is 11.3 Å². The third kappa shape index (κ3) is 10.3. The molecule has 2 aromatic carbocycles. The van der Waals surface area contributed by atoms with Crippen LogP contribution < -0.4 is 21.3 Å². The molecule has 3 rings (SSSR count). The summed E-state index contributed by atoms with van der Waals surface area (Å²) in [5.41, 5.74) is -0.204. The van der Waals surface area contributed by atoms with E-state index in [1.165, 1.54) is 0 Å². The SMILES string of the molecule is COC(=O)N[C@](NC(=O)OC(C)(C)C)(C(=O)N[C@@H](Cc1ccccc1)[C@@H](O)CNCc1ccc(-c2ccccn2)cc1)C(C)(C)C. The number of aliphatic hydroxyl groups excluding tert-OH is 1. The predicted octanol–water partition coefficient (Wildman–Crippen LogP) is 4.55. The second kappa shape index (κ2) is 15.7. The number of aromatic nitrogens is 1. The summed E-state index contributed by atoms with van der Waals surface area (Å²) in [5, 5.41) is 22.7. The number of methoxy groups -OCH3 is 1. The van der Waals surface area contributed by atoms with E-state index < -0.39 is 46.9 Å². The summed E-state index contributed by atoms with van der Waals surface area (Å²) in [7, 11) is 1.16. The molecule has 1 aromatic heterocycles. The molecule has 0 saturated heterocycles. The van der Waals surface area contributed by atoms with Gasteiger partial charge in [0.1, 0.15) is 5.60 Å². The maximum absolute atomic E-state index is 14.2. The molecule has 11 heteroatoms. The van der Waals surface area contributed by atoms with Gasteiger partial charge in [-0.2, -0.15) is 0 Å². The summed E-state index contributed by atoms with van der Waals surface area (Å²) in [4.78, 5) is 44.2. The van der Waals surface area contributed by atoms with Crippen LogP contribution in [0.3, 0.4) is 0 Å². The second-order valence-electron chi connectivity index (χ2n) is 13.1. The molecule has 0 aliphatic heterocycles. The lowest BCUT2D eigenvalue weighted by atomic mass is 9.79. The monoisotopic (exact) mass is 633 g/mol. The molecule has 0 saturated carbocycles. The number of alkyl carbamates (subject to hydrolysis) is 2. The molecular weight excluding hydrogens is 586 g/mol. The van der Waals surface area contributed by atoms with Gasteiger partial charge < -0.3 is 25.2 Å². The Bertz CT molecular complexity index is 1420. The van der Waals surface area contributed by atoms with Crippen molar-refractivity contribution in [1.82, 2.24) is 26.3 Å². The van der Waals surface area contributed by atoms with E-state index in [-0.39, 0.29) is 13.0 Å². The fourth-order valence-corrected chi connectivity index (χ4v) is 4.78. The standard InChI is InChI=1S/C35H47N5O6/c1-33(2,3)35(39-31(43)45-7,40-32(44)46-34(4,5)6)30(42)38-28(21-24-13-9-8-10-14-24)29(41)23-36-22-25-16-18-26(19-17-25)27-15-11-12-20-37-27/h8-20,28-29,36,41H,21-23H2,1-7H3,(H,38,42)(H,39,43)(H,40,44)/t28-,29-,35-/m0/s1. The highest BCUT2D eigenvalue weighted by Crippen LogP contribution is 2.30. The van der Waals surface area contributed by atoms with E-state index in [2.05, 4.69) is 26.3 Å². The first-order valence-electron chi connectivity index (χ1n) is 15.2. The molecule has 11 nitrogen and oxygen atoms in total. The number of aliphatic hydroxyl groups is 1. The van der Waals surface area contributed by atoms with Crippen LogP contribution in [-0.2, 0) is 27.2 Å². The fraction of sp³-hybridized carbons (Fsp3) is 0.429. The van der Waals surface area contributed by atoms with Gasteiger partial charge in [0.05, 0.1) is 24.9 Å². The van der Waals surface area contributed by atoms with E-state index in [1.54, 1.807) is 47.7 Å². The third-order valence-electron chi connectivity index (χ3n) is 7.31. The lowest BCUT2D eigenvalue weighted by Crippen LogP contribution is -2.75. The highest BCUT2D eigenvalue weighted by Gasteiger charge is 2.53. The quantitative estimate of drug-likeness (QED) is 0.182. The molecule has 46 heavy (non-hydrogen) atoms. The van der Waals surface area contributed by atoms with Crippen molar-refractivity contribution >= 4 is 18.1 Å². The van der Waals surface area contributed by atoms with Crippen molar-refractivity contribution in [2.75, 3.05) is 13.7 Å². The molecule has 1 heterocycles. The molecule has 0 aliphatic rings. The Labute approximate surface area is 271 Å². The lowest BCUT2D eigenvalue weighted by molar-refractivity contribution is -0.135. The topological polar surface area (TPSA) is 151 Å². The van der Waals surface area contributed by atoms with Crippen LogP contribution >= 0.6 is 0 Å². The van der Waals surface area contributed by atoms with Crippen LogP contribution in [0.5, 0.6) is 0 Å². The third-order valence-corrected chi connectivity index (χ3v) is 7.31. The summed E-state index contributed by atoms with van der Waals surface area (Å²) in [6, 6.07) is 22.3. The van der Waals surface area contributed by atoms with Gasteiger partial charge in [-0.25, -0.2) is 9.59 Å². The van der Waals surface area contributed by atoms with Gasteiger partial charge in [-0.05, 0) is 50.5 Å². The first-order chi connectivity index (χ1) is 21.6. The van der Waals surface area contributed by atoms with Crippen LogP contribution in [0, 0.1) is 5.41 Å². The molecule has 5 N–H and O–H groups in total. The summed E-state index contributed by atoms with van der Waals surface area (Å²) < 4.78 is 10.3. The van der Waals surface area contributed by atoms with Crippen LogP contribution in [-0.4, -0.2) is 65.2 Å². The van der Waals surface area contributed by atoms with Crippen LogP contribution in [0.4, 0.5) is 9.59 Å². The first-order valence-corrected chi connectivity index (χ1v) is 15.2. The van der Waals surface area contributed by atoms with E-state index in [9.17, 15) is 19.5 Å². The van der Waals surface area contributed by atoms with Crippen molar-refractivity contribution in [1.29, 1.82) is 0 Å². The molecule has 0 fully saturated rings. The number of amides is 3. The number of rotatable bonds is 12. The van der Waals surface area contributed by atoms with Gasteiger partial charge in [0, 0.05) is 30.3 Å². The van der Waals surface area contributed by atoms with Crippen molar-refractivity contribution in [2.24, 2.45) is 5.41 Å². The predicted molar refractivity (Wildman–Crippen MR) is 177 cm³/mol. The van der Waals surface area contributed by atoms with Crippen molar-refractivity contribution in [3.63, 3.8) is 0 Å². The number of hydrogen-bond acceptors (Lipinski definition) is 8. The highest BCUT2D eigenvalue weighted by atomic mass is 16.6. The van der Waals surface area contributed by atoms with Gasteiger partial charge in [-0.15, -0.1) is 0 Å². The average Bonchev–Trinajstić information content (AvgIpc) is 3.00. The Morgan fingerprint density at radius 2 is 1.46 bits per heavy atom. The number of pyridine rings is 1. The highest BCUT2D eigenvalue weighted by molar-refractivity contribution is 5.93. The van der Waals surface area contributed by atoms with E-state index in [0.717, 1.165) is 29.5 Å². The number of carbonyl (C=O) groups is 3. The average molecular weight is 634 g/mol. The van der Waals surface area contributed by atoms with Crippen LogP contribution in [0.15, 0.2) is 79.0 Å². The van der Waals surface area contributed by atoms with Gasteiger partial charge >= 0.3 is 12.2 Å². The lowest BCUT2D eigenvalue weighted by Gasteiger charge is -2.44. The molecule has 0 unspecified atom stereocenters. The van der Waals surface area contributed by atoms with E-state index in [0.29, 0.717) is 6.54 Å². The zero-order valence-corrected chi connectivity index (χ0v) is 27.7. The van der Waals surface area contributed by atoms with Crippen LogP contribution in [0.25, 0.3) is 11.3 Å². The van der Waals surface area contributed by atoms with Gasteiger partial charge in [0.2, 0.25) is 5.66 Å². The molecular formula is C35H47N5O6. The van der Waals surface area contributed by atoms with Crippen molar-refractivity contribution in [2.45, 2.75) is 77.9 Å². The largest absolute Gasteiger partial charge is 0.453 e. The van der Waals surface area contributed by atoms with Gasteiger partial charge in [-0.3, -0.25) is 20.4 Å². The maximum Gasteiger partial charge on any atom is 0.409 e. The Hall–Kier alpha value is -4.48. The summed E-state index contributed by atoms with van der Waals surface area (Å²) >= 11 is 0. The number of ether oxygens (including phenoxy) is 2. The minimum absolute atomic E-state index is 0.145. The summed E-state index contributed by atoms with van der Waals surface area (Å²) in [6.07, 6.45) is -0.864. The number of benzene rings is 2. The Morgan fingerprint density at radius 1 is 0.826 bits per heavy atom. The zero-order chi connectivity index (χ0) is 34.0. The molecule has 0 bridgehead atoms. The second-order valence-corrected chi connectivity index (χ2v) is 13.1. The van der Waals surface area contributed by atoms with Crippen molar-refractivity contribution < 1.29 is 29.0 Å². The summed E-state index contributed by atoms with van der Waals surface area (Å²) in [5.74, 6) is -0.749. The number of nitrogens with one attached hydrogen (secondary N) is 4. The Morgan fingerprint density at radius 3 is 2.02 bits per heavy atom. The van der Waals surface area contributed by atoms with Gasteiger partial charge in [0.25, 0.3) is 5.91 Å². The molecule has 248 valence electrons. The molecule has 0 aliphatic carbocycles. The molecule has 0 radical (unpaired) electrons. The summed E-state index contributed by atoms with van der Waals surface area (Å²) in [6.45, 7) is 10.7. The maximum atomic E-state index is 14.2. The Balaban J connectivity index is 1.82. The Kier molecular flexibility index (Phi) is 12.3. The fourth-order valence-electron chi connectivity index (χ4n) is 4.78. The number of nitrogens with zero attached hydrogens (tertiary/aromatic N) is 1. The van der Waals surface area contributed by atoms with Crippen molar-refractivity contribution in [3.05, 3.63) is 90.1 Å². The minimum Gasteiger partial charge on any atom is -0.453 e. The molecule has 3 amide bonds. The number of hydrogen-bond donors (Lipinski definition) is 5. The van der Waals surface area contributed by atoms with Crippen LogP contribution in [0.2, 0.25) is 0 Å². The van der Waals surface area contributed by atoms with E-state index in [1.807, 2.05) is 72.8 Å². The smallest absolute Gasteiger partial charge is 0.409 e. The minimum atomic E-state index is -2.01. The van der Waals surface area contributed by atoms with Crippen LogP contribution in [0.1, 0.15) is 52.7 Å². The molecule has 3 aromatic rings. The van der Waals surface area contributed by atoms with Gasteiger partial charge in [0.15, 0.2) is 0 Å². The molecule has 0 spiro atoms.